The summed E-state index contributed by atoms with van der Waals surface area (Å²) in [5.41, 5.74) is 0. The molecule has 0 saturated carbocycles. The molecule has 0 saturated heterocycles. The highest BCUT2D eigenvalue weighted by molar-refractivity contribution is 7.39. The van der Waals surface area contributed by atoms with Crippen LogP contribution in [0.25, 0.3) is 0 Å². The second-order valence-corrected chi connectivity index (χ2v) is 3.68. The Bertz CT molecular complexity index is 143. The summed E-state index contributed by atoms with van der Waals surface area (Å²) in [5, 5.41) is 17.6. The number of aliphatic hydroxyl groups is 2. The van der Waals surface area contributed by atoms with Crippen molar-refractivity contribution in [2.45, 2.75) is 12.2 Å². The second-order valence-electron chi connectivity index (χ2n) is 2.20. The minimum Gasteiger partial charge on any atom is -0.394 e. The van der Waals surface area contributed by atoms with Gasteiger partial charge >= 0.3 is 17.2 Å². The van der Waals surface area contributed by atoms with E-state index in [9.17, 15) is 0 Å². The molecule has 0 spiro atoms. The standard InChI is InChI=1S/C4H12O8P2/c5-1-3(6)4(12-14(9)10)2-11-13(7)8/h3-10H,1-2H2/t3-,4+/m1/s1. The van der Waals surface area contributed by atoms with Gasteiger partial charge in [0, 0.05) is 0 Å². The average Bonchev–Trinajstić information content (AvgIpc) is 2.10. The van der Waals surface area contributed by atoms with E-state index in [1.807, 2.05) is 0 Å². The molecule has 0 fully saturated rings. The van der Waals surface area contributed by atoms with E-state index in [0.29, 0.717) is 0 Å². The predicted octanol–water partition coefficient (Wildman–Crippen LogP) is -1.84. The van der Waals surface area contributed by atoms with Gasteiger partial charge in [0.25, 0.3) is 0 Å². The van der Waals surface area contributed by atoms with E-state index in [-0.39, 0.29) is 0 Å². The van der Waals surface area contributed by atoms with E-state index in [4.69, 9.17) is 29.8 Å². The minimum atomic E-state index is -2.72. The van der Waals surface area contributed by atoms with Gasteiger partial charge in [-0.05, 0) is 0 Å². The molecule has 86 valence electrons. The van der Waals surface area contributed by atoms with Gasteiger partial charge < -0.3 is 38.8 Å². The van der Waals surface area contributed by atoms with Crippen LogP contribution in [0.3, 0.4) is 0 Å². The van der Waals surface area contributed by atoms with Crippen molar-refractivity contribution in [2.75, 3.05) is 13.2 Å². The summed E-state index contributed by atoms with van der Waals surface area (Å²) >= 11 is 0. The SMILES string of the molecule is OC[C@@H](O)[C@H](COP(O)O)OP(O)O. The third-order valence-electron chi connectivity index (χ3n) is 1.20. The van der Waals surface area contributed by atoms with Crippen LogP contribution in [-0.2, 0) is 9.05 Å². The molecule has 0 rings (SSSR count). The highest BCUT2D eigenvalue weighted by Gasteiger charge is 2.24. The quantitative estimate of drug-likeness (QED) is 0.290. The Morgan fingerprint density at radius 2 is 1.64 bits per heavy atom. The van der Waals surface area contributed by atoms with Gasteiger partial charge in [0.2, 0.25) is 0 Å². The first kappa shape index (κ1) is 14.5. The smallest absolute Gasteiger partial charge is 0.327 e. The van der Waals surface area contributed by atoms with E-state index >= 15 is 0 Å². The van der Waals surface area contributed by atoms with Gasteiger partial charge in [0.15, 0.2) is 0 Å². The molecule has 0 unspecified atom stereocenters. The molecule has 0 aliphatic rings. The Labute approximate surface area is 82.3 Å². The molecule has 0 aliphatic carbocycles. The van der Waals surface area contributed by atoms with E-state index in [0.717, 1.165) is 0 Å². The van der Waals surface area contributed by atoms with Crippen molar-refractivity contribution in [3.05, 3.63) is 0 Å². The van der Waals surface area contributed by atoms with Crippen LogP contribution >= 0.6 is 17.2 Å². The van der Waals surface area contributed by atoms with Gasteiger partial charge in [-0.2, -0.15) is 0 Å². The zero-order chi connectivity index (χ0) is 11.1. The molecule has 10 heteroatoms. The summed E-state index contributed by atoms with van der Waals surface area (Å²) < 4.78 is 8.68. The molecule has 0 amide bonds. The van der Waals surface area contributed by atoms with Crippen LogP contribution in [0.1, 0.15) is 0 Å². The van der Waals surface area contributed by atoms with E-state index < -0.39 is 42.6 Å². The Balaban J connectivity index is 3.97. The first-order chi connectivity index (χ1) is 6.47. The highest BCUT2D eigenvalue weighted by atomic mass is 31.2. The van der Waals surface area contributed by atoms with Gasteiger partial charge in [-0.15, -0.1) is 0 Å². The van der Waals surface area contributed by atoms with Crippen LogP contribution in [0, 0.1) is 0 Å². The lowest BCUT2D eigenvalue weighted by Crippen LogP contribution is -2.34. The Morgan fingerprint density at radius 1 is 1.07 bits per heavy atom. The molecule has 0 bridgehead atoms. The van der Waals surface area contributed by atoms with Crippen molar-refractivity contribution >= 4 is 17.2 Å². The van der Waals surface area contributed by atoms with Crippen LogP contribution in [0.5, 0.6) is 0 Å². The first-order valence-electron chi connectivity index (χ1n) is 3.41. The summed E-state index contributed by atoms with van der Waals surface area (Å²) in [4.78, 5) is 33.7. The summed E-state index contributed by atoms with van der Waals surface area (Å²) in [6.07, 6.45) is -2.63. The summed E-state index contributed by atoms with van der Waals surface area (Å²) in [7, 11) is -5.33. The fourth-order valence-electron chi connectivity index (χ4n) is 0.591. The molecule has 0 aliphatic heterocycles. The molecule has 2 atom stereocenters. The molecule has 0 aromatic carbocycles. The minimum absolute atomic E-state index is 0.472. The number of rotatable bonds is 7. The van der Waals surface area contributed by atoms with Gasteiger partial charge in [-0.1, -0.05) is 0 Å². The average molecular weight is 250 g/mol. The Hall–Kier alpha value is 0.540. The lowest BCUT2D eigenvalue weighted by Gasteiger charge is -2.21. The van der Waals surface area contributed by atoms with Crippen molar-refractivity contribution in [1.29, 1.82) is 0 Å². The third kappa shape index (κ3) is 6.92. The zero-order valence-corrected chi connectivity index (χ0v) is 8.75. The summed E-state index contributed by atoms with van der Waals surface area (Å²) in [5.74, 6) is 0. The van der Waals surface area contributed by atoms with Crippen LogP contribution in [0.15, 0.2) is 0 Å². The summed E-state index contributed by atoms with van der Waals surface area (Å²) in [6, 6.07) is 0. The molecular formula is C4H12O8P2. The number of hydrogen-bond acceptors (Lipinski definition) is 8. The molecule has 14 heavy (non-hydrogen) atoms. The number of aliphatic hydroxyl groups excluding tert-OH is 2. The summed E-state index contributed by atoms with van der Waals surface area (Å²) in [6.45, 7) is -1.15. The second kappa shape index (κ2) is 7.78. The normalized spacial score (nSPS) is 16.3. The van der Waals surface area contributed by atoms with E-state index in [1.54, 1.807) is 0 Å². The van der Waals surface area contributed by atoms with Crippen molar-refractivity contribution < 1.29 is 38.8 Å². The van der Waals surface area contributed by atoms with Crippen molar-refractivity contribution in [3.8, 4) is 0 Å². The van der Waals surface area contributed by atoms with Crippen LogP contribution in [0.2, 0.25) is 0 Å². The molecule has 0 aromatic heterocycles. The monoisotopic (exact) mass is 250 g/mol. The van der Waals surface area contributed by atoms with Gasteiger partial charge in [0.1, 0.15) is 12.2 Å². The molecule has 0 radical (unpaired) electrons. The molecule has 0 heterocycles. The largest absolute Gasteiger partial charge is 0.394 e. The maximum absolute atomic E-state index is 9.06. The lowest BCUT2D eigenvalue weighted by molar-refractivity contribution is -0.0268. The van der Waals surface area contributed by atoms with Gasteiger partial charge in [-0.25, -0.2) is 0 Å². The Kier molecular flexibility index (Phi) is 8.08. The predicted molar refractivity (Wildman–Crippen MR) is 46.6 cm³/mol. The van der Waals surface area contributed by atoms with Crippen LogP contribution < -0.4 is 0 Å². The van der Waals surface area contributed by atoms with E-state index in [2.05, 4.69) is 9.05 Å². The lowest BCUT2D eigenvalue weighted by atomic mass is 10.2. The molecule has 8 nitrogen and oxygen atoms in total. The Morgan fingerprint density at radius 3 is 2.00 bits per heavy atom. The molecule has 6 N–H and O–H groups in total. The fourth-order valence-corrected chi connectivity index (χ4v) is 1.31. The fraction of sp³-hybridized carbons (Fsp3) is 1.00. The topological polar surface area (TPSA) is 140 Å². The van der Waals surface area contributed by atoms with Crippen molar-refractivity contribution in [2.24, 2.45) is 0 Å². The van der Waals surface area contributed by atoms with Gasteiger partial charge in [0.05, 0.1) is 13.2 Å². The van der Waals surface area contributed by atoms with Gasteiger partial charge in [-0.3, -0.25) is 0 Å². The van der Waals surface area contributed by atoms with Crippen LogP contribution in [0.4, 0.5) is 0 Å². The zero-order valence-electron chi connectivity index (χ0n) is 6.96. The van der Waals surface area contributed by atoms with Crippen LogP contribution in [-0.4, -0.2) is 55.2 Å². The molecular weight excluding hydrogens is 238 g/mol. The van der Waals surface area contributed by atoms with Crippen molar-refractivity contribution in [1.82, 2.24) is 0 Å². The highest BCUT2D eigenvalue weighted by Crippen LogP contribution is 2.31. The van der Waals surface area contributed by atoms with Crippen molar-refractivity contribution in [3.63, 3.8) is 0 Å². The number of hydrogen-bond donors (Lipinski definition) is 6. The third-order valence-corrected chi connectivity index (χ3v) is 2.04. The maximum atomic E-state index is 9.06. The maximum Gasteiger partial charge on any atom is 0.327 e. The first-order valence-corrected chi connectivity index (χ1v) is 5.74. The molecule has 0 aromatic rings. The van der Waals surface area contributed by atoms with E-state index in [1.165, 1.54) is 0 Å².